The van der Waals surface area contributed by atoms with Crippen LogP contribution in [0, 0.1) is 5.92 Å². The monoisotopic (exact) mass is 616 g/mol. The van der Waals surface area contributed by atoms with Crippen molar-refractivity contribution in [2.45, 2.75) is 51.8 Å². The van der Waals surface area contributed by atoms with Crippen molar-refractivity contribution in [1.29, 1.82) is 0 Å². The second kappa shape index (κ2) is 16.4. The lowest BCUT2D eigenvalue weighted by atomic mass is 10.0. The van der Waals surface area contributed by atoms with Crippen molar-refractivity contribution in [3.63, 3.8) is 0 Å². The Bertz CT molecular complexity index is 1380. The van der Waals surface area contributed by atoms with E-state index in [-0.39, 0.29) is 42.9 Å². The number of carbonyl (C=O) groups is 2. The van der Waals surface area contributed by atoms with E-state index >= 15 is 0 Å². The molecule has 0 saturated carbocycles. The van der Waals surface area contributed by atoms with Gasteiger partial charge >= 0.3 is 0 Å². The van der Waals surface area contributed by atoms with Crippen molar-refractivity contribution in [1.82, 2.24) is 14.7 Å². The first-order chi connectivity index (χ1) is 21.6. The Morgan fingerprint density at radius 1 is 1.07 bits per heavy atom. The maximum Gasteiger partial charge on any atom is 0.227 e. The molecule has 1 heterocycles. The summed E-state index contributed by atoms with van der Waals surface area (Å²) in [7, 11) is 6.03. The Labute approximate surface area is 267 Å². The number of nitrogens with zero attached hydrogens (tertiary/aromatic N) is 3. The number of anilines is 1. The average molecular weight is 617 g/mol. The highest BCUT2D eigenvalue weighted by molar-refractivity contribution is 5.91. The Hall–Kier alpha value is -3.92. The molecule has 3 atom stereocenters. The molecule has 1 aliphatic rings. The number of benzene rings is 3. The van der Waals surface area contributed by atoms with Gasteiger partial charge in [0.05, 0.1) is 19.1 Å². The number of rotatable bonds is 13. The Kier molecular flexibility index (Phi) is 12.4. The Balaban J connectivity index is 1.48. The highest BCUT2D eigenvalue weighted by Gasteiger charge is 2.31. The predicted molar refractivity (Wildman–Crippen MR) is 178 cm³/mol. The van der Waals surface area contributed by atoms with Gasteiger partial charge in [-0.3, -0.25) is 14.5 Å². The molecule has 4 rings (SSSR count). The quantitative estimate of drug-likeness (QED) is 0.278. The zero-order valence-corrected chi connectivity index (χ0v) is 27.2. The van der Waals surface area contributed by atoms with Gasteiger partial charge in [0, 0.05) is 43.2 Å². The van der Waals surface area contributed by atoms with E-state index in [1.807, 2.05) is 81.7 Å². The summed E-state index contributed by atoms with van der Waals surface area (Å²) in [6.07, 6.45) is 1.08. The summed E-state index contributed by atoms with van der Waals surface area (Å²) in [6.45, 7) is 6.47. The fourth-order valence-corrected chi connectivity index (χ4v) is 5.48. The number of fused-ring (bicyclic) bond motifs is 1. The second-order valence-electron chi connectivity index (χ2n) is 12.4. The standard InChI is InChI=1S/C36H48N4O5/c1-26-22-40(27(2)25-41)36(43)21-29-20-30(37-35(42)12-9-19-38(3)4)15-18-33(29)45-34(26)24-39(5)23-28-13-16-32(17-14-28)44-31-10-7-6-8-11-31/h6-8,10-11,13-18,20,26-27,34,41H,9,12,19,21-25H2,1-5H3,(H,37,42)/t26-,27-,34-/m0/s1. The maximum atomic E-state index is 13.5. The predicted octanol–water partition coefficient (Wildman–Crippen LogP) is 5.04. The lowest BCUT2D eigenvalue weighted by Crippen LogP contribution is -2.47. The van der Waals surface area contributed by atoms with Crippen LogP contribution in [0.3, 0.4) is 0 Å². The zero-order valence-electron chi connectivity index (χ0n) is 27.2. The molecule has 0 unspecified atom stereocenters. The van der Waals surface area contributed by atoms with Crippen molar-refractivity contribution in [3.8, 4) is 17.2 Å². The van der Waals surface area contributed by atoms with Gasteiger partial charge in [-0.25, -0.2) is 0 Å². The van der Waals surface area contributed by atoms with Crippen LogP contribution in [0.4, 0.5) is 5.69 Å². The summed E-state index contributed by atoms with van der Waals surface area (Å²) in [5.41, 5.74) is 2.50. The van der Waals surface area contributed by atoms with Gasteiger partial charge in [-0.15, -0.1) is 0 Å². The summed E-state index contributed by atoms with van der Waals surface area (Å²) >= 11 is 0. The van der Waals surface area contributed by atoms with E-state index in [4.69, 9.17) is 9.47 Å². The lowest BCUT2D eigenvalue weighted by Gasteiger charge is -2.34. The van der Waals surface area contributed by atoms with Crippen LogP contribution in [-0.4, -0.2) is 91.2 Å². The van der Waals surface area contributed by atoms with Crippen molar-refractivity contribution < 1.29 is 24.2 Å². The van der Waals surface area contributed by atoms with Crippen molar-refractivity contribution in [3.05, 3.63) is 83.9 Å². The molecule has 2 N–H and O–H groups in total. The largest absolute Gasteiger partial charge is 0.488 e. The highest BCUT2D eigenvalue weighted by atomic mass is 16.5. The van der Waals surface area contributed by atoms with Gasteiger partial charge in [-0.2, -0.15) is 0 Å². The molecule has 9 heteroatoms. The van der Waals surface area contributed by atoms with Crippen molar-refractivity contribution in [2.24, 2.45) is 5.92 Å². The number of carbonyl (C=O) groups excluding carboxylic acids is 2. The number of ether oxygens (including phenoxy) is 2. The van der Waals surface area contributed by atoms with E-state index in [1.54, 1.807) is 4.90 Å². The van der Waals surface area contributed by atoms with Crippen LogP contribution in [0.25, 0.3) is 0 Å². The molecule has 2 amide bonds. The molecule has 45 heavy (non-hydrogen) atoms. The molecule has 0 aromatic heterocycles. The SMILES string of the molecule is C[C@H]1CN([C@@H](C)CO)C(=O)Cc2cc(NC(=O)CCCN(C)C)ccc2O[C@H]1CN(C)Cc1ccc(Oc2ccccc2)cc1. The molecular formula is C36H48N4O5. The van der Waals surface area contributed by atoms with Crippen LogP contribution < -0.4 is 14.8 Å². The molecule has 242 valence electrons. The molecule has 3 aromatic carbocycles. The molecule has 0 aliphatic carbocycles. The minimum absolute atomic E-state index is 0.00549. The van der Waals surface area contributed by atoms with E-state index in [1.165, 1.54) is 0 Å². The molecule has 0 bridgehead atoms. The third-order valence-corrected chi connectivity index (χ3v) is 8.06. The Morgan fingerprint density at radius 2 is 1.78 bits per heavy atom. The smallest absolute Gasteiger partial charge is 0.227 e. The normalized spacial score (nSPS) is 17.6. The van der Waals surface area contributed by atoms with E-state index in [0.717, 1.165) is 35.6 Å². The van der Waals surface area contributed by atoms with Gasteiger partial charge in [0.1, 0.15) is 23.4 Å². The molecular weight excluding hydrogens is 568 g/mol. The minimum atomic E-state index is -0.323. The third kappa shape index (κ3) is 10.3. The molecule has 0 spiro atoms. The van der Waals surface area contributed by atoms with Gasteiger partial charge < -0.3 is 29.7 Å². The summed E-state index contributed by atoms with van der Waals surface area (Å²) in [5.74, 6) is 2.08. The van der Waals surface area contributed by atoms with Gasteiger partial charge in [0.2, 0.25) is 11.8 Å². The van der Waals surface area contributed by atoms with Crippen LogP contribution in [0.2, 0.25) is 0 Å². The first-order valence-electron chi connectivity index (χ1n) is 15.8. The first kappa shape index (κ1) is 34.0. The highest BCUT2D eigenvalue weighted by Crippen LogP contribution is 2.30. The number of hydrogen-bond donors (Lipinski definition) is 2. The van der Waals surface area contributed by atoms with Gasteiger partial charge in [-0.05, 0) is 89.1 Å². The second-order valence-corrected chi connectivity index (χ2v) is 12.4. The van der Waals surface area contributed by atoms with Gasteiger partial charge in [0.25, 0.3) is 0 Å². The lowest BCUT2D eigenvalue weighted by molar-refractivity contribution is -0.134. The van der Waals surface area contributed by atoms with Crippen LogP contribution in [0.5, 0.6) is 17.2 Å². The number of aliphatic hydroxyl groups excluding tert-OH is 1. The van der Waals surface area contributed by atoms with Gasteiger partial charge in [0.15, 0.2) is 0 Å². The zero-order chi connectivity index (χ0) is 32.3. The minimum Gasteiger partial charge on any atom is -0.488 e. The van der Waals surface area contributed by atoms with E-state index < -0.39 is 0 Å². The van der Waals surface area contributed by atoms with Crippen molar-refractivity contribution >= 4 is 17.5 Å². The summed E-state index contributed by atoms with van der Waals surface area (Å²) in [4.78, 5) is 32.1. The van der Waals surface area contributed by atoms with Crippen LogP contribution in [-0.2, 0) is 22.6 Å². The topological polar surface area (TPSA) is 94.6 Å². The molecule has 0 fully saturated rings. The molecule has 3 aromatic rings. The fourth-order valence-electron chi connectivity index (χ4n) is 5.48. The average Bonchev–Trinajstić information content (AvgIpc) is 3.05. The summed E-state index contributed by atoms with van der Waals surface area (Å²) < 4.78 is 12.6. The van der Waals surface area contributed by atoms with Gasteiger partial charge in [-0.1, -0.05) is 37.3 Å². The van der Waals surface area contributed by atoms with Crippen LogP contribution >= 0.6 is 0 Å². The number of amides is 2. The third-order valence-electron chi connectivity index (χ3n) is 8.06. The number of nitrogens with one attached hydrogen (secondary N) is 1. The molecule has 1 aliphatic heterocycles. The number of hydrogen-bond acceptors (Lipinski definition) is 7. The number of likely N-dealkylation sites (N-methyl/N-ethyl adjacent to an activating group) is 1. The summed E-state index contributed by atoms with van der Waals surface area (Å²) in [5, 5.41) is 12.9. The summed E-state index contributed by atoms with van der Waals surface area (Å²) in [6, 6.07) is 23.0. The molecule has 0 saturated heterocycles. The van der Waals surface area contributed by atoms with Crippen molar-refractivity contribution in [2.75, 3.05) is 52.7 Å². The Morgan fingerprint density at radius 3 is 2.47 bits per heavy atom. The molecule has 9 nitrogen and oxygen atoms in total. The molecule has 0 radical (unpaired) electrons. The maximum absolute atomic E-state index is 13.5. The van der Waals surface area contributed by atoms with Crippen LogP contribution in [0.15, 0.2) is 72.8 Å². The van der Waals surface area contributed by atoms with E-state index in [2.05, 4.69) is 41.2 Å². The van der Waals surface area contributed by atoms with E-state index in [0.29, 0.717) is 37.5 Å². The number of aliphatic hydroxyl groups is 1. The van der Waals surface area contributed by atoms with E-state index in [9.17, 15) is 14.7 Å². The van der Waals surface area contributed by atoms with Crippen LogP contribution in [0.1, 0.15) is 37.8 Å². The fraction of sp³-hybridized carbons (Fsp3) is 0.444. The number of para-hydroxylation sites is 1. The first-order valence-corrected chi connectivity index (χ1v) is 15.8.